The van der Waals surface area contributed by atoms with Gasteiger partial charge >= 0.3 is 0 Å². The fourth-order valence-electron chi connectivity index (χ4n) is 2.57. The average Bonchev–Trinajstić information content (AvgIpc) is 3.29. The average molecular weight is 499 g/mol. The Morgan fingerprint density at radius 1 is 1.26 bits per heavy atom. The van der Waals surface area contributed by atoms with Gasteiger partial charge in [-0.15, -0.1) is 24.0 Å². The number of guanidine groups is 1. The molecule has 2 aromatic heterocycles. The number of thiophene rings is 1. The summed E-state index contributed by atoms with van der Waals surface area (Å²) in [7, 11) is 0. The Morgan fingerprint density at radius 3 is 2.74 bits per heavy atom. The first kappa shape index (κ1) is 21.4. The van der Waals surface area contributed by atoms with E-state index >= 15 is 0 Å². The van der Waals surface area contributed by atoms with Crippen molar-refractivity contribution in [1.29, 1.82) is 0 Å². The number of aryl methyl sites for hydroxylation is 1. The summed E-state index contributed by atoms with van der Waals surface area (Å²) in [5.41, 5.74) is 2.53. The fraction of sp³-hybridized carbons (Fsp3) is 0.263. The van der Waals surface area contributed by atoms with Gasteiger partial charge in [0.05, 0.1) is 12.2 Å². The lowest BCUT2D eigenvalue weighted by atomic mass is 10.2. The van der Waals surface area contributed by atoms with E-state index in [2.05, 4.69) is 32.1 Å². The van der Waals surface area contributed by atoms with Crippen LogP contribution in [0.1, 0.15) is 23.9 Å². The highest BCUT2D eigenvalue weighted by molar-refractivity contribution is 14.0. The number of nitrogens with one attached hydrogen (secondary N) is 2. The van der Waals surface area contributed by atoms with Crippen LogP contribution in [0, 0.1) is 12.7 Å². The summed E-state index contributed by atoms with van der Waals surface area (Å²) >= 11 is 1.66. The van der Waals surface area contributed by atoms with Crippen molar-refractivity contribution in [3.8, 4) is 5.69 Å². The van der Waals surface area contributed by atoms with Gasteiger partial charge < -0.3 is 15.2 Å². The monoisotopic (exact) mass is 499 g/mol. The Labute approximate surface area is 179 Å². The van der Waals surface area contributed by atoms with E-state index in [1.165, 1.54) is 5.56 Å². The van der Waals surface area contributed by atoms with E-state index in [1.54, 1.807) is 40.4 Å². The lowest BCUT2D eigenvalue weighted by molar-refractivity contribution is 0.613. The molecule has 0 saturated carbocycles. The minimum Gasteiger partial charge on any atom is -0.357 e. The van der Waals surface area contributed by atoms with Crippen molar-refractivity contribution < 1.29 is 4.39 Å². The number of rotatable bonds is 6. The molecule has 0 aliphatic heterocycles. The molecule has 0 bridgehead atoms. The molecule has 8 heteroatoms. The van der Waals surface area contributed by atoms with Crippen LogP contribution < -0.4 is 10.6 Å². The van der Waals surface area contributed by atoms with Crippen molar-refractivity contribution in [2.75, 3.05) is 6.54 Å². The largest absolute Gasteiger partial charge is 0.357 e. The van der Waals surface area contributed by atoms with Crippen molar-refractivity contribution in [2.24, 2.45) is 4.99 Å². The Hall–Kier alpha value is -1.94. The number of aliphatic imine (C=N–C) groups is 1. The molecule has 3 rings (SSSR count). The first-order valence-electron chi connectivity index (χ1n) is 8.49. The maximum Gasteiger partial charge on any atom is 0.191 e. The highest BCUT2D eigenvalue weighted by Crippen LogP contribution is 2.16. The van der Waals surface area contributed by atoms with Gasteiger partial charge in [0.1, 0.15) is 11.6 Å². The minimum atomic E-state index is -0.273. The molecular weight excluding hydrogens is 476 g/mol. The van der Waals surface area contributed by atoms with Gasteiger partial charge in [0.25, 0.3) is 0 Å². The Bertz CT molecular complexity index is 876. The number of benzene rings is 1. The molecule has 0 fully saturated rings. The second-order valence-corrected chi connectivity index (χ2v) is 6.59. The molecule has 0 aliphatic carbocycles. The number of hydrogen-bond donors (Lipinski definition) is 2. The van der Waals surface area contributed by atoms with Crippen molar-refractivity contribution >= 4 is 41.3 Å². The predicted molar refractivity (Wildman–Crippen MR) is 120 cm³/mol. The Balaban J connectivity index is 0.00000261. The summed E-state index contributed by atoms with van der Waals surface area (Å²) in [5.74, 6) is 1.20. The van der Waals surface area contributed by atoms with Crippen LogP contribution in [0.5, 0.6) is 0 Å². The van der Waals surface area contributed by atoms with Crippen molar-refractivity contribution in [1.82, 2.24) is 20.2 Å². The van der Waals surface area contributed by atoms with E-state index in [9.17, 15) is 4.39 Å². The third-order valence-electron chi connectivity index (χ3n) is 3.90. The van der Waals surface area contributed by atoms with Gasteiger partial charge in [-0.1, -0.05) is 6.07 Å². The van der Waals surface area contributed by atoms with Crippen LogP contribution in [0.2, 0.25) is 0 Å². The van der Waals surface area contributed by atoms with Gasteiger partial charge in [-0.05, 0) is 53.9 Å². The van der Waals surface area contributed by atoms with E-state index in [-0.39, 0.29) is 29.8 Å². The van der Waals surface area contributed by atoms with Gasteiger partial charge in [-0.3, -0.25) is 0 Å². The molecule has 0 unspecified atom stereocenters. The molecule has 0 radical (unpaired) electrons. The van der Waals surface area contributed by atoms with Crippen molar-refractivity contribution in [3.63, 3.8) is 0 Å². The molecule has 2 N–H and O–H groups in total. The lowest BCUT2D eigenvalue weighted by Gasteiger charge is -2.12. The zero-order valence-electron chi connectivity index (χ0n) is 15.3. The SMILES string of the molecule is CCNC(=NCc1ccsc1)NCc1ccc(-n2ccnc2C)c(F)c1.I. The number of aromatic nitrogens is 2. The van der Waals surface area contributed by atoms with Gasteiger partial charge in [0.15, 0.2) is 5.96 Å². The van der Waals surface area contributed by atoms with Crippen LogP contribution in [0.3, 0.4) is 0 Å². The maximum absolute atomic E-state index is 14.5. The summed E-state index contributed by atoms with van der Waals surface area (Å²) in [6.45, 7) is 5.75. The van der Waals surface area contributed by atoms with Crippen molar-refractivity contribution in [2.45, 2.75) is 26.9 Å². The van der Waals surface area contributed by atoms with Gasteiger partial charge in [-0.25, -0.2) is 14.4 Å². The van der Waals surface area contributed by atoms with Crippen molar-refractivity contribution in [3.05, 3.63) is 70.2 Å². The fourth-order valence-corrected chi connectivity index (χ4v) is 3.23. The summed E-state index contributed by atoms with van der Waals surface area (Å²) in [6.07, 6.45) is 3.42. The van der Waals surface area contributed by atoms with E-state index in [1.807, 2.05) is 25.3 Å². The zero-order chi connectivity index (χ0) is 18.4. The number of imidazole rings is 1. The summed E-state index contributed by atoms with van der Waals surface area (Å²) < 4.78 is 16.2. The van der Waals surface area contributed by atoms with Crippen LogP contribution in [0.4, 0.5) is 4.39 Å². The molecule has 0 spiro atoms. The van der Waals surface area contributed by atoms with E-state index in [4.69, 9.17) is 0 Å². The molecule has 3 aromatic rings. The molecular formula is C19H23FIN5S. The molecule has 2 heterocycles. The van der Waals surface area contributed by atoms with Crippen LogP contribution in [-0.2, 0) is 13.1 Å². The van der Waals surface area contributed by atoms with Crippen LogP contribution in [0.25, 0.3) is 5.69 Å². The molecule has 0 saturated heterocycles. The number of nitrogens with zero attached hydrogens (tertiary/aromatic N) is 3. The third kappa shape index (κ3) is 5.77. The Kier molecular flexibility index (Phi) is 8.23. The second-order valence-electron chi connectivity index (χ2n) is 5.81. The molecule has 27 heavy (non-hydrogen) atoms. The molecule has 0 atom stereocenters. The van der Waals surface area contributed by atoms with Gasteiger partial charge in [-0.2, -0.15) is 11.3 Å². The smallest absolute Gasteiger partial charge is 0.191 e. The topological polar surface area (TPSA) is 54.2 Å². The standard InChI is InChI=1S/C19H22FN5S.HI/c1-3-21-19(24-12-16-6-9-26-13-16)23-11-15-4-5-18(17(20)10-15)25-8-7-22-14(25)2;/h4-10,13H,3,11-12H2,1-2H3,(H2,21,23,24);1H. The predicted octanol–water partition coefficient (Wildman–Crippen LogP) is 4.25. The molecule has 144 valence electrons. The van der Waals surface area contributed by atoms with Crippen LogP contribution >= 0.6 is 35.3 Å². The maximum atomic E-state index is 14.5. The normalized spacial score (nSPS) is 11.1. The summed E-state index contributed by atoms with van der Waals surface area (Å²) in [6, 6.07) is 7.29. The van der Waals surface area contributed by atoms with E-state index in [0.717, 1.165) is 17.9 Å². The number of hydrogen-bond acceptors (Lipinski definition) is 3. The van der Waals surface area contributed by atoms with E-state index in [0.29, 0.717) is 24.7 Å². The minimum absolute atomic E-state index is 0. The van der Waals surface area contributed by atoms with Gasteiger partial charge in [0, 0.05) is 25.5 Å². The lowest BCUT2D eigenvalue weighted by Crippen LogP contribution is -2.36. The second kappa shape index (κ2) is 10.4. The summed E-state index contributed by atoms with van der Waals surface area (Å²) in [4.78, 5) is 8.70. The first-order chi connectivity index (χ1) is 12.7. The van der Waals surface area contributed by atoms with Gasteiger partial charge in [0.2, 0.25) is 0 Å². The highest BCUT2D eigenvalue weighted by atomic mass is 127. The van der Waals surface area contributed by atoms with Crippen LogP contribution in [-0.4, -0.2) is 22.1 Å². The quantitative estimate of drug-likeness (QED) is 0.303. The zero-order valence-corrected chi connectivity index (χ0v) is 18.4. The first-order valence-corrected chi connectivity index (χ1v) is 9.43. The molecule has 0 aliphatic rings. The molecule has 0 amide bonds. The van der Waals surface area contributed by atoms with E-state index < -0.39 is 0 Å². The summed E-state index contributed by atoms with van der Waals surface area (Å²) in [5, 5.41) is 10.6. The Morgan fingerprint density at radius 2 is 2.11 bits per heavy atom. The number of halogens is 2. The molecule has 1 aromatic carbocycles. The third-order valence-corrected chi connectivity index (χ3v) is 4.63. The highest BCUT2D eigenvalue weighted by Gasteiger charge is 2.08. The molecule has 5 nitrogen and oxygen atoms in total. The van der Waals surface area contributed by atoms with Crippen LogP contribution in [0.15, 0.2) is 52.4 Å².